The van der Waals surface area contributed by atoms with Gasteiger partial charge in [0.15, 0.2) is 5.03 Å². The van der Waals surface area contributed by atoms with E-state index in [1.165, 1.54) is 25.5 Å². The predicted octanol–water partition coefficient (Wildman–Crippen LogP) is 1.92. The molecule has 6 heteroatoms. The van der Waals surface area contributed by atoms with Gasteiger partial charge in [0.1, 0.15) is 5.82 Å². The highest BCUT2D eigenvalue weighted by Crippen LogP contribution is 2.28. The van der Waals surface area contributed by atoms with Gasteiger partial charge in [0.25, 0.3) is 9.05 Å². The Morgan fingerprint density at radius 1 is 1.60 bits per heavy atom. The summed E-state index contributed by atoms with van der Waals surface area (Å²) in [7, 11) is 1.54. The maximum atomic E-state index is 11.1. The molecule has 1 aromatic heterocycles. The molecule has 2 rings (SSSR count). The van der Waals surface area contributed by atoms with Gasteiger partial charge in [-0.2, -0.15) is 0 Å². The lowest BCUT2D eigenvalue weighted by Crippen LogP contribution is -2.18. The zero-order valence-corrected chi connectivity index (χ0v) is 10.1. The van der Waals surface area contributed by atoms with Crippen LogP contribution in [-0.4, -0.2) is 18.0 Å². The maximum Gasteiger partial charge on any atom is 0.280 e. The molecule has 1 aliphatic rings. The summed E-state index contributed by atoms with van der Waals surface area (Å²) >= 11 is 0. The van der Waals surface area contributed by atoms with Crippen LogP contribution in [0.1, 0.15) is 25.1 Å². The molecule has 15 heavy (non-hydrogen) atoms. The van der Waals surface area contributed by atoms with E-state index < -0.39 is 9.05 Å². The van der Waals surface area contributed by atoms with Crippen molar-refractivity contribution in [1.82, 2.24) is 9.55 Å². The van der Waals surface area contributed by atoms with Crippen LogP contribution in [0.2, 0.25) is 0 Å². The first-order valence-corrected chi connectivity index (χ1v) is 7.26. The largest absolute Gasteiger partial charge is 0.333 e. The van der Waals surface area contributed by atoms with Crippen LogP contribution >= 0.6 is 10.7 Å². The molecule has 0 amide bonds. The second kappa shape index (κ2) is 3.79. The van der Waals surface area contributed by atoms with Gasteiger partial charge in [0.2, 0.25) is 0 Å². The van der Waals surface area contributed by atoms with Crippen LogP contribution in [0.4, 0.5) is 0 Å². The minimum Gasteiger partial charge on any atom is -0.333 e. The number of nitrogens with zero attached hydrogens (tertiary/aromatic N) is 2. The molecule has 0 atom stereocenters. The number of halogens is 1. The van der Waals surface area contributed by atoms with E-state index in [2.05, 4.69) is 4.98 Å². The minimum absolute atomic E-state index is 0.0407. The highest BCUT2D eigenvalue weighted by molar-refractivity contribution is 8.13. The molecule has 0 bridgehead atoms. The maximum absolute atomic E-state index is 11.1. The standard InChI is InChI=1S/C9H13ClN2O2S/c1-7-11-9(15(10,13)14)6-12(7)5-8-3-2-4-8/h6,8H,2-5H2,1H3. The zero-order chi connectivity index (χ0) is 11.1. The molecule has 1 aromatic rings. The Morgan fingerprint density at radius 2 is 2.27 bits per heavy atom. The molecule has 84 valence electrons. The fourth-order valence-electron chi connectivity index (χ4n) is 1.74. The van der Waals surface area contributed by atoms with E-state index in [1.54, 1.807) is 6.92 Å². The van der Waals surface area contributed by atoms with E-state index in [4.69, 9.17) is 10.7 Å². The Morgan fingerprint density at radius 3 is 2.67 bits per heavy atom. The van der Waals surface area contributed by atoms with Crippen LogP contribution < -0.4 is 0 Å². The SMILES string of the molecule is Cc1nc(S(=O)(=O)Cl)cn1CC1CCC1. The van der Waals surface area contributed by atoms with Crippen molar-refractivity contribution < 1.29 is 8.42 Å². The number of hydrogen-bond donors (Lipinski definition) is 0. The summed E-state index contributed by atoms with van der Waals surface area (Å²) in [5.41, 5.74) is 0. The summed E-state index contributed by atoms with van der Waals surface area (Å²) in [5, 5.41) is -0.0407. The average Bonchev–Trinajstić information content (AvgIpc) is 2.39. The molecule has 4 nitrogen and oxygen atoms in total. The zero-order valence-electron chi connectivity index (χ0n) is 8.48. The average molecular weight is 249 g/mol. The van der Waals surface area contributed by atoms with E-state index in [0.29, 0.717) is 11.7 Å². The van der Waals surface area contributed by atoms with Crippen molar-refractivity contribution in [2.45, 2.75) is 37.8 Å². The van der Waals surface area contributed by atoms with Gasteiger partial charge < -0.3 is 4.57 Å². The highest BCUT2D eigenvalue weighted by Gasteiger charge is 2.21. The van der Waals surface area contributed by atoms with Crippen LogP contribution in [-0.2, 0) is 15.6 Å². The molecule has 0 aromatic carbocycles. The van der Waals surface area contributed by atoms with Crippen LogP contribution in [0.15, 0.2) is 11.2 Å². The van der Waals surface area contributed by atoms with E-state index in [9.17, 15) is 8.42 Å². The van der Waals surface area contributed by atoms with Gasteiger partial charge in [-0.1, -0.05) is 6.42 Å². The lowest BCUT2D eigenvalue weighted by atomic mass is 9.85. The lowest BCUT2D eigenvalue weighted by Gasteiger charge is -2.25. The Labute approximate surface area is 93.7 Å². The minimum atomic E-state index is -3.69. The van der Waals surface area contributed by atoms with Crippen molar-refractivity contribution >= 4 is 19.7 Å². The van der Waals surface area contributed by atoms with E-state index in [1.807, 2.05) is 4.57 Å². The molecule has 0 saturated heterocycles. The Hall–Kier alpha value is -0.550. The van der Waals surface area contributed by atoms with Crippen molar-refractivity contribution in [3.63, 3.8) is 0 Å². The van der Waals surface area contributed by atoms with Crippen molar-refractivity contribution in [3.8, 4) is 0 Å². The first-order chi connectivity index (χ1) is 6.97. The number of imidazole rings is 1. The molecule has 1 heterocycles. The summed E-state index contributed by atoms with van der Waals surface area (Å²) in [4.78, 5) is 3.94. The van der Waals surface area contributed by atoms with Gasteiger partial charge in [0, 0.05) is 23.4 Å². The predicted molar refractivity (Wildman–Crippen MR) is 57.3 cm³/mol. The number of rotatable bonds is 3. The van der Waals surface area contributed by atoms with Gasteiger partial charge >= 0.3 is 0 Å². The summed E-state index contributed by atoms with van der Waals surface area (Å²) in [6.07, 6.45) is 5.25. The lowest BCUT2D eigenvalue weighted by molar-refractivity contribution is 0.274. The fraction of sp³-hybridized carbons (Fsp3) is 0.667. The first-order valence-electron chi connectivity index (χ1n) is 4.95. The van der Waals surface area contributed by atoms with Gasteiger partial charge in [-0.3, -0.25) is 0 Å². The molecular formula is C9H13ClN2O2S. The molecule has 0 radical (unpaired) electrons. The summed E-state index contributed by atoms with van der Waals surface area (Å²) in [6, 6.07) is 0. The van der Waals surface area contributed by atoms with Crippen molar-refractivity contribution in [2.24, 2.45) is 5.92 Å². The molecule has 1 fully saturated rings. The number of aryl methyl sites for hydroxylation is 1. The molecule has 1 aliphatic carbocycles. The van der Waals surface area contributed by atoms with E-state index >= 15 is 0 Å². The second-order valence-electron chi connectivity index (χ2n) is 4.01. The van der Waals surface area contributed by atoms with Gasteiger partial charge in [0.05, 0.1) is 0 Å². The van der Waals surface area contributed by atoms with Crippen LogP contribution in [0.3, 0.4) is 0 Å². The smallest absolute Gasteiger partial charge is 0.280 e. The number of hydrogen-bond acceptors (Lipinski definition) is 3. The Balaban J connectivity index is 2.21. The van der Waals surface area contributed by atoms with Crippen LogP contribution in [0, 0.1) is 12.8 Å². The van der Waals surface area contributed by atoms with Gasteiger partial charge in [-0.15, -0.1) is 0 Å². The van der Waals surface area contributed by atoms with Crippen LogP contribution in [0.5, 0.6) is 0 Å². The molecule has 0 unspecified atom stereocenters. The molecule has 0 spiro atoms. The normalized spacial score (nSPS) is 17.7. The van der Waals surface area contributed by atoms with E-state index in [-0.39, 0.29) is 5.03 Å². The fourth-order valence-corrected chi connectivity index (χ4v) is 2.45. The molecule has 1 saturated carbocycles. The topological polar surface area (TPSA) is 52.0 Å². The Kier molecular flexibility index (Phi) is 2.77. The van der Waals surface area contributed by atoms with Gasteiger partial charge in [-0.05, 0) is 25.7 Å². The summed E-state index contributed by atoms with van der Waals surface area (Å²) in [5.74, 6) is 1.38. The van der Waals surface area contributed by atoms with E-state index in [0.717, 1.165) is 6.54 Å². The third kappa shape index (κ3) is 2.34. The third-order valence-electron chi connectivity index (χ3n) is 2.88. The molecular weight excluding hydrogens is 236 g/mol. The van der Waals surface area contributed by atoms with Crippen molar-refractivity contribution in [3.05, 3.63) is 12.0 Å². The first kappa shape index (κ1) is 11.0. The highest BCUT2D eigenvalue weighted by atomic mass is 35.7. The van der Waals surface area contributed by atoms with Gasteiger partial charge in [-0.25, -0.2) is 13.4 Å². The Bertz CT molecular complexity index is 462. The third-order valence-corrected chi connectivity index (χ3v) is 4.05. The van der Waals surface area contributed by atoms with Crippen molar-refractivity contribution in [1.29, 1.82) is 0 Å². The molecule has 0 N–H and O–H groups in total. The number of aromatic nitrogens is 2. The molecule has 0 aliphatic heterocycles. The summed E-state index contributed by atoms with van der Waals surface area (Å²) < 4.78 is 24.0. The second-order valence-corrected chi connectivity index (χ2v) is 6.53. The van der Waals surface area contributed by atoms with Crippen molar-refractivity contribution in [2.75, 3.05) is 0 Å². The summed E-state index contributed by atoms with van der Waals surface area (Å²) in [6.45, 7) is 2.65. The monoisotopic (exact) mass is 248 g/mol. The van der Waals surface area contributed by atoms with Crippen LogP contribution in [0.25, 0.3) is 0 Å². The quantitative estimate of drug-likeness (QED) is 0.768.